The number of benzene rings is 2. The van der Waals surface area contributed by atoms with E-state index in [9.17, 15) is 4.79 Å². The SMILES string of the molecule is COc1c(C)cccc1C(=O)N1CCCN(Cc2ccc(C#N)cc2)CC1. The Morgan fingerprint density at radius 2 is 1.89 bits per heavy atom. The molecule has 0 aliphatic carbocycles. The molecule has 0 N–H and O–H groups in total. The molecule has 27 heavy (non-hydrogen) atoms. The van der Waals surface area contributed by atoms with Gasteiger partial charge in [0.15, 0.2) is 0 Å². The van der Waals surface area contributed by atoms with Crippen LogP contribution in [0.5, 0.6) is 5.75 Å². The van der Waals surface area contributed by atoms with Gasteiger partial charge in [0, 0.05) is 32.7 Å². The number of ether oxygens (including phenoxy) is 1. The topological polar surface area (TPSA) is 56.6 Å². The molecule has 2 aromatic rings. The van der Waals surface area contributed by atoms with E-state index in [0.717, 1.165) is 38.2 Å². The molecule has 1 fully saturated rings. The maximum atomic E-state index is 13.0. The Bertz CT molecular complexity index is 840. The quantitative estimate of drug-likeness (QED) is 0.837. The lowest BCUT2D eigenvalue weighted by molar-refractivity contribution is 0.0757. The molecule has 2 aromatic carbocycles. The van der Waals surface area contributed by atoms with E-state index in [1.807, 2.05) is 54.3 Å². The van der Waals surface area contributed by atoms with Gasteiger partial charge in [-0.3, -0.25) is 9.69 Å². The van der Waals surface area contributed by atoms with Crippen molar-refractivity contribution in [1.29, 1.82) is 5.26 Å². The minimum Gasteiger partial charge on any atom is -0.496 e. The van der Waals surface area contributed by atoms with Crippen LogP contribution in [-0.4, -0.2) is 49.0 Å². The van der Waals surface area contributed by atoms with Crippen LogP contribution in [0.2, 0.25) is 0 Å². The molecule has 5 heteroatoms. The van der Waals surface area contributed by atoms with Crippen molar-refractivity contribution in [3.8, 4) is 11.8 Å². The maximum absolute atomic E-state index is 13.0. The standard InChI is InChI=1S/C22H25N3O2/c1-17-5-3-6-20(21(17)27-2)22(26)25-12-4-11-24(13-14-25)16-19-9-7-18(15-23)8-10-19/h3,5-10H,4,11-14,16H2,1-2H3. The summed E-state index contributed by atoms with van der Waals surface area (Å²) in [6, 6.07) is 15.6. The fourth-order valence-corrected chi connectivity index (χ4v) is 3.54. The van der Waals surface area contributed by atoms with Gasteiger partial charge in [-0.1, -0.05) is 24.3 Å². The lowest BCUT2D eigenvalue weighted by Crippen LogP contribution is -2.35. The molecule has 140 valence electrons. The second-order valence-electron chi connectivity index (χ2n) is 6.89. The van der Waals surface area contributed by atoms with Crippen LogP contribution in [-0.2, 0) is 6.54 Å². The molecule has 5 nitrogen and oxygen atoms in total. The number of carbonyl (C=O) groups excluding carboxylic acids is 1. The van der Waals surface area contributed by atoms with E-state index in [1.165, 1.54) is 5.56 Å². The fraction of sp³-hybridized carbons (Fsp3) is 0.364. The summed E-state index contributed by atoms with van der Waals surface area (Å²) >= 11 is 0. The second kappa shape index (κ2) is 8.70. The van der Waals surface area contributed by atoms with Crippen LogP contribution in [0.1, 0.15) is 33.5 Å². The molecule has 3 rings (SSSR count). The summed E-state index contributed by atoms with van der Waals surface area (Å²) < 4.78 is 5.46. The Balaban J connectivity index is 1.65. The average molecular weight is 363 g/mol. The van der Waals surface area contributed by atoms with E-state index < -0.39 is 0 Å². The molecule has 0 aromatic heterocycles. The van der Waals surface area contributed by atoms with Crippen LogP contribution < -0.4 is 4.74 Å². The molecule has 0 radical (unpaired) electrons. The molecule has 1 amide bonds. The minimum absolute atomic E-state index is 0.0378. The van der Waals surface area contributed by atoms with Crippen molar-refractivity contribution in [3.05, 3.63) is 64.7 Å². The number of aryl methyl sites for hydroxylation is 1. The number of nitriles is 1. The minimum atomic E-state index is 0.0378. The van der Waals surface area contributed by atoms with Gasteiger partial charge in [-0.25, -0.2) is 0 Å². The van der Waals surface area contributed by atoms with E-state index in [-0.39, 0.29) is 5.91 Å². The summed E-state index contributed by atoms with van der Waals surface area (Å²) in [6.45, 7) is 6.03. The van der Waals surface area contributed by atoms with Crippen molar-refractivity contribution >= 4 is 5.91 Å². The number of hydrogen-bond acceptors (Lipinski definition) is 4. The number of para-hydroxylation sites is 1. The van der Waals surface area contributed by atoms with E-state index in [0.29, 0.717) is 23.4 Å². The van der Waals surface area contributed by atoms with Crippen molar-refractivity contribution in [3.63, 3.8) is 0 Å². The average Bonchev–Trinajstić information content (AvgIpc) is 2.93. The summed E-state index contributed by atoms with van der Waals surface area (Å²) in [5, 5.41) is 8.91. The van der Waals surface area contributed by atoms with Gasteiger partial charge in [0.25, 0.3) is 5.91 Å². The number of nitrogens with zero attached hydrogens (tertiary/aromatic N) is 3. The number of rotatable bonds is 4. The van der Waals surface area contributed by atoms with Crippen LogP contribution >= 0.6 is 0 Å². The molecule has 0 unspecified atom stereocenters. The summed E-state index contributed by atoms with van der Waals surface area (Å²) in [4.78, 5) is 17.3. The van der Waals surface area contributed by atoms with Gasteiger partial charge >= 0.3 is 0 Å². The van der Waals surface area contributed by atoms with E-state index in [4.69, 9.17) is 10.00 Å². The highest BCUT2D eigenvalue weighted by Gasteiger charge is 2.23. The molecule has 1 heterocycles. The van der Waals surface area contributed by atoms with Gasteiger partial charge in [0.05, 0.1) is 24.3 Å². The van der Waals surface area contributed by atoms with Crippen LogP contribution in [0.4, 0.5) is 0 Å². The van der Waals surface area contributed by atoms with Gasteiger partial charge in [-0.15, -0.1) is 0 Å². The Morgan fingerprint density at radius 1 is 1.11 bits per heavy atom. The highest BCUT2D eigenvalue weighted by Crippen LogP contribution is 2.25. The summed E-state index contributed by atoms with van der Waals surface area (Å²) in [5.41, 5.74) is 3.48. The van der Waals surface area contributed by atoms with Crippen LogP contribution in [0, 0.1) is 18.3 Å². The molecular formula is C22H25N3O2. The predicted octanol–water partition coefficient (Wildman–Crippen LogP) is 3.22. The van der Waals surface area contributed by atoms with Gasteiger partial charge in [0.1, 0.15) is 5.75 Å². The van der Waals surface area contributed by atoms with Crippen molar-refractivity contribution in [1.82, 2.24) is 9.80 Å². The molecule has 1 saturated heterocycles. The Labute approximate surface area is 160 Å². The maximum Gasteiger partial charge on any atom is 0.257 e. The lowest BCUT2D eigenvalue weighted by atomic mass is 10.1. The summed E-state index contributed by atoms with van der Waals surface area (Å²) in [6.07, 6.45) is 0.941. The van der Waals surface area contributed by atoms with Crippen molar-refractivity contribution in [2.45, 2.75) is 19.9 Å². The zero-order valence-electron chi connectivity index (χ0n) is 15.9. The molecule has 1 aliphatic heterocycles. The Kier molecular flexibility index (Phi) is 6.10. The van der Waals surface area contributed by atoms with Gasteiger partial charge in [-0.2, -0.15) is 5.26 Å². The number of carbonyl (C=O) groups is 1. The summed E-state index contributed by atoms with van der Waals surface area (Å²) in [5.74, 6) is 0.706. The molecule has 0 saturated carbocycles. The third-order valence-electron chi connectivity index (χ3n) is 5.01. The third-order valence-corrected chi connectivity index (χ3v) is 5.01. The van der Waals surface area contributed by atoms with Crippen molar-refractivity contribution < 1.29 is 9.53 Å². The first-order chi connectivity index (χ1) is 13.1. The molecule has 0 spiro atoms. The molecule has 1 aliphatic rings. The van der Waals surface area contributed by atoms with Gasteiger partial charge in [-0.05, 0) is 42.7 Å². The molecule has 0 bridgehead atoms. The lowest BCUT2D eigenvalue weighted by Gasteiger charge is -2.23. The smallest absolute Gasteiger partial charge is 0.257 e. The van der Waals surface area contributed by atoms with Crippen LogP contribution in [0.25, 0.3) is 0 Å². The normalized spacial score (nSPS) is 15.1. The first-order valence-corrected chi connectivity index (χ1v) is 9.26. The fourth-order valence-electron chi connectivity index (χ4n) is 3.54. The summed E-state index contributed by atoms with van der Waals surface area (Å²) in [7, 11) is 1.61. The Morgan fingerprint density at radius 3 is 2.59 bits per heavy atom. The third kappa shape index (κ3) is 4.47. The molecular weight excluding hydrogens is 338 g/mol. The largest absolute Gasteiger partial charge is 0.496 e. The monoisotopic (exact) mass is 363 g/mol. The van der Waals surface area contributed by atoms with Crippen molar-refractivity contribution in [2.24, 2.45) is 0 Å². The van der Waals surface area contributed by atoms with Gasteiger partial charge in [0.2, 0.25) is 0 Å². The molecule has 0 atom stereocenters. The highest BCUT2D eigenvalue weighted by atomic mass is 16.5. The van der Waals surface area contributed by atoms with Crippen LogP contribution in [0.3, 0.4) is 0 Å². The zero-order chi connectivity index (χ0) is 19.2. The second-order valence-corrected chi connectivity index (χ2v) is 6.89. The van der Waals surface area contributed by atoms with E-state index in [1.54, 1.807) is 7.11 Å². The van der Waals surface area contributed by atoms with E-state index in [2.05, 4.69) is 11.0 Å². The Hall–Kier alpha value is -2.84. The number of methoxy groups -OCH3 is 1. The number of hydrogen-bond donors (Lipinski definition) is 0. The van der Waals surface area contributed by atoms with E-state index >= 15 is 0 Å². The van der Waals surface area contributed by atoms with Crippen LogP contribution in [0.15, 0.2) is 42.5 Å². The first-order valence-electron chi connectivity index (χ1n) is 9.26. The van der Waals surface area contributed by atoms with Gasteiger partial charge < -0.3 is 9.64 Å². The van der Waals surface area contributed by atoms with Crippen molar-refractivity contribution in [2.75, 3.05) is 33.3 Å². The first kappa shape index (κ1) is 18.9. The zero-order valence-corrected chi connectivity index (χ0v) is 15.9. The highest BCUT2D eigenvalue weighted by molar-refractivity contribution is 5.97. The predicted molar refractivity (Wildman–Crippen MR) is 105 cm³/mol. The number of amides is 1.